The Hall–Kier alpha value is -2.62. The van der Waals surface area contributed by atoms with Gasteiger partial charge in [-0.1, -0.05) is 18.2 Å². The molecule has 2 aromatic rings. The minimum absolute atomic E-state index is 0.105. The second-order valence-electron chi connectivity index (χ2n) is 4.59. The molecule has 0 spiro atoms. The molecule has 0 aromatic heterocycles. The number of anilines is 1. The van der Waals surface area contributed by atoms with Crippen LogP contribution >= 0.6 is 0 Å². The van der Waals surface area contributed by atoms with Crippen molar-refractivity contribution in [3.05, 3.63) is 65.2 Å². The Balaban J connectivity index is 2.31. The number of aryl methyl sites for hydroxylation is 1. The van der Waals surface area contributed by atoms with Crippen LogP contribution in [0.15, 0.2) is 48.5 Å². The van der Waals surface area contributed by atoms with Crippen LogP contribution in [0, 0.1) is 6.92 Å². The highest BCUT2D eigenvalue weighted by atomic mass is 16.4. The van der Waals surface area contributed by atoms with Crippen LogP contribution in [0.4, 0.5) is 5.69 Å². The molecule has 4 heteroatoms. The molecular weight excluding hydrogens is 254 g/mol. The number of carbonyl (C=O) groups is 2. The number of aromatic carboxylic acids is 1. The van der Waals surface area contributed by atoms with Crippen molar-refractivity contribution >= 4 is 17.6 Å². The summed E-state index contributed by atoms with van der Waals surface area (Å²) in [7, 11) is 1.67. The molecule has 1 N–H and O–H groups in total. The van der Waals surface area contributed by atoms with Crippen LogP contribution in [-0.2, 0) is 0 Å². The fourth-order valence-corrected chi connectivity index (χ4v) is 1.93. The number of hydrogen-bond donors (Lipinski definition) is 1. The van der Waals surface area contributed by atoms with E-state index in [4.69, 9.17) is 5.11 Å². The number of nitrogens with zero attached hydrogens (tertiary/aromatic N) is 1. The van der Waals surface area contributed by atoms with E-state index in [1.165, 1.54) is 17.0 Å². The Bertz CT molecular complexity index is 664. The average Bonchev–Trinajstić information content (AvgIpc) is 2.45. The minimum atomic E-state index is -1.04. The monoisotopic (exact) mass is 269 g/mol. The second kappa shape index (κ2) is 5.57. The van der Waals surface area contributed by atoms with Crippen molar-refractivity contribution in [2.24, 2.45) is 0 Å². The first-order chi connectivity index (χ1) is 9.49. The van der Waals surface area contributed by atoms with Crippen LogP contribution < -0.4 is 4.90 Å². The van der Waals surface area contributed by atoms with Crippen LogP contribution in [0.25, 0.3) is 0 Å². The minimum Gasteiger partial charge on any atom is -0.478 e. The molecule has 0 saturated carbocycles. The van der Waals surface area contributed by atoms with Gasteiger partial charge < -0.3 is 10.0 Å². The summed E-state index contributed by atoms with van der Waals surface area (Å²) in [5, 5.41) is 8.96. The summed E-state index contributed by atoms with van der Waals surface area (Å²) in [6.07, 6.45) is 0. The van der Waals surface area contributed by atoms with Crippen molar-refractivity contribution in [2.45, 2.75) is 6.92 Å². The first-order valence-corrected chi connectivity index (χ1v) is 6.17. The van der Waals surface area contributed by atoms with E-state index in [-0.39, 0.29) is 11.5 Å². The molecule has 0 aliphatic heterocycles. The largest absolute Gasteiger partial charge is 0.478 e. The Kier molecular flexibility index (Phi) is 3.84. The third kappa shape index (κ3) is 2.85. The molecule has 0 aliphatic carbocycles. The number of carbonyl (C=O) groups excluding carboxylic acids is 1. The lowest BCUT2D eigenvalue weighted by Crippen LogP contribution is -2.26. The van der Waals surface area contributed by atoms with Gasteiger partial charge in [-0.25, -0.2) is 4.79 Å². The van der Waals surface area contributed by atoms with Crippen molar-refractivity contribution in [3.8, 4) is 0 Å². The maximum Gasteiger partial charge on any atom is 0.335 e. The number of hydrogen-bond acceptors (Lipinski definition) is 2. The number of benzene rings is 2. The molecule has 0 aliphatic rings. The maximum absolute atomic E-state index is 12.4. The Labute approximate surface area is 117 Å². The Morgan fingerprint density at radius 1 is 1.00 bits per heavy atom. The van der Waals surface area contributed by atoms with Gasteiger partial charge in [0.2, 0.25) is 0 Å². The van der Waals surface area contributed by atoms with E-state index >= 15 is 0 Å². The van der Waals surface area contributed by atoms with Gasteiger partial charge in [0.25, 0.3) is 5.91 Å². The van der Waals surface area contributed by atoms with E-state index in [0.717, 1.165) is 11.3 Å². The van der Waals surface area contributed by atoms with E-state index in [9.17, 15) is 9.59 Å². The van der Waals surface area contributed by atoms with Gasteiger partial charge in [0, 0.05) is 18.3 Å². The quantitative estimate of drug-likeness (QED) is 0.932. The second-order valence-corrected chi connectivity index (χ2v) is 4.59. The number of rotatable bonds is 3. The van der Waals surface area contributed by atoms with Gasteiger partial charge in [-0.3, -0.25) is 4.79 Å². The van der Waals surface area contributed by atoms with Crippen LogP contribution in [0.2, 0.25) is 0 Å². The summed E-state index contributed by atoms with van der Waals surface area (Å²) >= 11 is 0. The lowest BCUT2D eigenvalue weighted by molar-refractivity contribution is 0.0697. The van der Waals surface area contributed by atoms with Crippen molar-refractivity contribution < 1.29 is 14.7 Å². The lowest BCUT2D eigenvalue weighted by atomic mass is 10.1. The van der Waals surface area contributed by atoms with Gasteiger partial charge in [0.15, 0.2) is 0 Å². The van der Waals surface area contributed by atoms with E-state index < -0.39 is 5.97 Å². The van der Waals surface area contributed by atoms with E-state index in [1.807, 2.05) is 31.2 Å². The standard InChI is InChI=1S/C16H15NO3/c1-11-5-3-8-14(9-11)17(2)15(18)12-6-4-7-13(10-12)16(19)20/h3-10H,1-2H3,(H,19,20). The summed E-state index contributed by atoms with van der Waals surface area (Å²) in [6.45, 7) is 1.95. The van der Waals surface area contributed by atoms with Gasteiger partial charge in [-0.05, 0) is 42.8 Å². The van der Waals surface area contributed by atoms with E-state index in [0.29, 0.717) is 5.56 Å². The molecule has 0 atom stereocenters. The molecule has 4 nitrogen and oxygen atoms in total. The number of amides is 1. The van der Waals surface area contributed by atoms with Gasteiger partial charge in [0.1, 0.15) is 0 Å². The molecule has 0 unspecified atom stereocenters. The predicted molar refractivity (Wildman–Crippen MR) is 77.3 cm³/mol. The molecule has 1 amide bonds. The smallest absolute Gasteiger partial charge is 0.335 e. The Morgan fingerprint density at radius 2 is 1.65 bits per heavy atom. The fourth-order valence-electron chi connectivity index (χ4n) is 1.93. The summed E-state index contributed by atoms with van der Waals surface area (Å²) in [4.78, 5) is 24.8. The normalized spacial score (nSPS) is 10.1. The topological polar surface area (TPSA) is 57.6 Å². The van der Waals surface area contributed by atoms with Gasteiger partial charge in [0.05, 0.1) is 5.56 Å². The summed E-state index contributed by atoms with van der Waals surface area (Å²) in [5.74, 6) is -1.28. The van der Waals surface area contributed by atoms with Crippen molar-refractivity contribution in [2.75, 3.05) is 11.9 Å². The third-order valence-corrected chi connectivity index (χ3v) is 3.05. The predicted octanol–water partition coefficient (Wildman–Crippen LogP) is 2.97. The van der Waals surface area contributed by atoms with Crippen molar-refractivity contribution in [3.63, 3.8) is 0 Å². The van der Waals surface area contributed by atoms with Crippen molar-refractivity contribution in [1.82, 2.24) is 0 Å². The van der Waals surface area contributed by atoms with Crippen LogP contribution in [-0.4, -0.2) is 24.0 Å². The van der Waals surface area contributed by atoms with E-state index in [1.54, 1.807) is 19.2 Å². The summed E-state index contributed by atoms with van der Waals surface area (Å²) in [6, 6.07) is 13.6. The Morgan fingerprint density at radius 3 is 2.30 bits per heavy atom. The first-order valence-electron chi connectivity index (χ1n) is 6.17. The first kappa shape index (κ1) is 13.8. The summed E-state index contributed by atoms with van der Waals surface area (Å²) in [5.41, 5.74) is 2.29. The zero-order valence-corrected chi connectivity index (χ0v) is 11.3. The molecule has 0 radical (unpaired) electrons. The zero-order valence-electron chi connectivity index (χ0n) is 11.3. The van der Waals surface area contributed by atoms with Crippen LogP contribution in [0.1, 0.15) is 26.3 Å². The molecule has 2 aromatic carbocycles. The average molecular weight is 269 g/mol. The molecule has 102 valence electrons. The summed E-state index contributed by atoms with van der Waals surface area (Å²) < 4.78 is 0. The molecule has 0 fully saturated rings. The zero-order chi connectivity index (χ0) is 14.7. The lowest BCUT2D eigenvalue weighted by Gasteiger charge is -2.18. The maximum atomic E-state index is 12.4. The molecule has 0 saturated heterocycles. The molecule has 0 bridgehead atoms. The molecule has 2 rings (SSSR count). The van der Waals surface area contributed by atoms with Crippen LogP contribution in [0.3, 0.4) is 0 Å². The molecular formula is C16H15NO3. The SMILES string of the molecule is Cc1cccc(N(C)C(=O)c2cccc(C(=O)O)c2)c1. The third-order valence-electron chi connectivity index (χ3n) is 3.05. The van der Waals surface area contributed by atoms with Gasteiger partial charge >= 0.3 is 5.97 Å². The van der Waals surface area contributed by atoms with Gasteiger partial charge in [-0.15, -0.1) is 0 Å². The molecule has 20 heavy (non-hydrogen) atoms. The van der Waals surface area contributed by atoms with E-state index in [2.05, 4.69) is 0 Å². The molecule has 0 heterocycles. The highest BCUT2D eigenvalue weighted by Crippen LogP contribution is 2.17. The highest BCUT2D eigenvalue weighted by molar-refractivity contribution is 6.06. The van der Waals surface area contributed by atoms with Crippen LogP contribution in [0.5, 0.6) is 0 Å². The highest BCUT2D eigenvalue weighted by Gasteiger charge is 2.15. The van der Waals surface area contributed by atoms with Crippen molar-refractivity contribution in [1.29, 1.82) is 0 Å². The fraction of sp³-hybridized carbons (Fsp3) is 0.125. The number of carboxylic acid groups (broad SMARTS) is 1. The van der Waals surface area contributed by atoms with Gasteiger partial charge in [-0.2, -0.15) is 0 Å². The number of carboxylic acids is 1.